The number of para-hydroxylation sites is 2. The third kappa shape index (κ3) is 3.98. The lowest BCUT2D eigenvalue weighted by atomic mass is 10.00. The van der Waals surface area contributed by atoms with Gasteiger partial charge < -0.3 is 15.4 Å². The Bertz CT molecular complexity index is 580. The van der Waals surface area contributed by atoms with Crippen LogP contribution in [0.15, 0.2) is 24.3 Å². The molecule has 3 rings (SSSR count). The fourth-order valence-electron chi connectivity index (χ4n) is 3.46. The first kappa shape index (κ1) is 15.7. The van der Waals surface area contributed by atoms with Gasteiger partial charge in [0.2, 0.25) is 5.91 Å². The number of nitrogens with one attached hydrogen (secondary N) is 2. The van der Waals surface area contributed by atoms with Crippen LogP contribution in [0, 0.1) is 10.1 Å². The number of benzene rings is 1. The number of hydrogen-bond acceptors (Lipinski definition) is 5. The van der Waals surface area contributed by atoms with Crippen LogP contribution >= 0.6 is 0 Å². The molecule has 2 saturated heterocycles. The van der Waals surface area contributed by atoms with Crippen molar-refractivity contribution in [1.29, 1.82) is 0 Å². The van der Waals surface area contributed by atoms with E-state index < -0.39 is 4.92 Å². The molecule has 0 aromatic heterocycles. The molecular formula is C16H21N3O4. The Labute approximate surface area is 134 Å². The second-order valence-electron chi connectivity index (χ2n) is 6.20. The van der Waals surface area contributed by atoms with Gasteiger partial charge in [0.15, 0.2) is 5.75 Å². The zero-order valence-corrected chi connectivity index (χ0v) is 12.9. The molecule has 1 amide bonds. The number of amides is 1. The first-order valence-corrected chi connectivity index (χ1v) is 8.03. The Morgan fingerprint density at radius 3 is 2.70 bits per heavy atom. The minimum atomic E-state index is -0.486. The van der Waals surface area contributed by atoms with Gasteiger partial charge in [-0.05, 0) is 31.7 Å². The van der Waals surface area contributed by atoms with Crippen LogP contribution in [0.2, 0.25) is 0 Å². The lowest BCUT2D eigenvalue weighted by Gasteiger charge is -2.29. The average Bonchev–Trinajstić information content (AvgIpc) is 2.86. The van der Waals surface area contributed by atoms with Crippen LogP contribution in [0.4, 0.5) is 5.69 Å². The Morgan fingerprint density at radius 1 is 1.30 bits per heavy atom. The molecule has 1 aromatic rings. The van der Waals surface area contributed by atoms with Crippen molar-refractivity contribution in [2.45, 2.75) is 50.2 Å². The van der Waals surface area contributed by atoms with Gasteiger partial charge in [-0.2, -0.15) is 0 Å². The standard InChI is InChI=1S/C16H21N3O4/c20-16(18-13-9-11-5-6-12(10-13)17-11)7-8-23-15-4-2-1-3-14(15)19(21)22/h1-4,11-13,17H,5-10H2,(H,18,20). The Hall–Kier alpha value is -2.15. The quantitative estimate of drug-likeness (QED) is 0.615. The molecule has 0 spiro atoms. The summed E-state index contributed by atoms with van der Waals surface area (Å²) in [5, 5.41) is 17.5. The second-order valence-corrected chi connectivity index (χ2v) is 6.20. The summed E-state index contributed by atoms with van der Waals surface area (Å²) in [6, 6.07) is 7.48. The lowest BCUT2D eigenvalue weighted by Crippen LogP contribution is -2.48. The summed E-state index contributed by atoms with van der Waals surface area (Å²) in [6.45, 7) is 0.133. The van der Waals surface area contributed by atoms with E-state index in [4.69, 9.17) is 4.74 Å². The van der Waals surface area contributed by atoms with Gasteiger partial charge in [0.05, 0.1) is 18.0 Å². The van der Waals surface area contributed by atoms with E-state index in [1.165, 1.54) is 18.9 Å². The Balaban J connectivity index is 1.44. The summed E-state index contributed by atoms with van der Waals surface area (Å²) < 4.78 is 5.40. The van der Waals surface area contributed by atoms with Gasteiger partial charge in [0.1, 0.15) is 0 Å². The second kappa shape index (κ2) is 6.95. The summed E-state index contributed by atoms with van der Waals surface area (Å²) in [4.78, 5) is 22.4. The predicted octanol–water partition coefficient (Wildman–Crippen LogP) is 1.76. The van der Waals surface area contributed by atoms with Crippen molar-refractivity contribution in [3.8, 4) is 5.75 Å². The third-order valence-corrected chi connectivity index (χ3v) is 4.49. The van der Waals surface area contributed by atoms with Crippen molar-refractivity contribution in [3.05, 3.63) is 34.4 Å². The minimum absolute atomic E-state index is 0.0603. The lowest BCUT2D eigenvalue weighted by molar-refractivity contribution is -0.385. The third-order valence-electron chi connectivity index (χ3n) is 4.49. The van der Waals surface area contributed by atoms with E-state index in [1.54, 1.807) is 18.2 Å². The first-order chi connectivity index (χ1) is 11.1. The van der Waals surface area contributed by atoms with Crippen molar-refractivity contribution in [2.24, 2.45) is 0 Å². The summed E-state index contributed by atoms with van der Waals surface area (Å²) in [5.41, 5.74) is -0.0807. The molecule has 2 N–H and O–H groups in total. The highest BCUT2D eigenvalue weighted by Gasteiger charge is 2.33. The summed E-state index contributed by atoms with van der Waals surface area (Å²) in [5.74, 6) is 0.139. The Morgan fingerprint density at radius 2 is 2.00 bits per heavy atom. The zero-order chi connectivity index (χ0) is 16.2. The average molecular weight is 319 g/mol. The molecule has 2 fully saturated rings. The molecule has 2 heterocycles. The van der Waals surface area contributed by atoms with Crippen LogP contribution in [0.5, 0.6) is 5.75 Å². The molecule has 0 aliphatic carbocycles. The number of hydrogen-bond donors (Lipinski definition) is 2. The SMILES string of the molecule is O=C(CCOc1ccccc1[N+](=O)[O-])NC1CC2CCC(C1)N2. The Kier molecular flexibility index (Phi) is 4.76. The van der Waals surface area contributed by atoms with Gasteiger partial charge in [-0.1, -0.05) is 12.1 Å². The molecule has 7 heteroatoms. The van der Waals surface area contributed by atoms with Crippen molar-refractivity contribution in [2.75, 3.05) is 6.61 Å². The van der Waals surface area contributed by atoms with Crippen LogP contribution in [0.25, 0.3) is 0 Å². The van der Waals surface area contributed by atoms with E-state index in [-0.39, 0.29) is 36.4 Å². The van der Waals surface area contributed by atoms with E-state index in [2.05, 4.69) is 10.6 Å². The summed E-state index contributed by atoms with van der Waals surface area (Å²) in [7, 11) is 0. The van der Waals surface area contributed by atoms with Gasteiger partial charge in [0, 0.05) is 24.2 Å². The summed E-state index contributed by atoms with van der Waals surface area (Å²) >= 11 is 0. The fourth-order valence-corrected chi connectivity index (χ4v) is 3.46. The van der Waals surface area contributed by atoms with Crippen LogP contribution in [-0.4, -0.2) is 35.6 Å². The van der Waals surface area contributed by atoms with E-state index in [1.807, 2.05) is 0 Å². The number of carbonyl (C=O) groups is 1. The van der Waals surface area contributed by atoms with Crippen molar-refractivity contribution in [3.63, 3.8) is 0 Å². The van der Waals surface area contributed by atoms with Gasteiger partial charge >= 0.3 is 5.69 Å². The largest absolute Gasteiger partial charge is 0.486 e. The molecule has 0 saturated carbocycles. The molecule has 2 unspecified atom stereocenters. The van der Waals surface area contributed by atoms with Crippen molar-refractivity contribution < 1.29 is 14.5 Å². The maximum absolute atomic E-state index is 12.0. The van der Waals surface area contributed by atoms with Gasteiger partial charge in [0.25, 0.3) is 0 Å². The van der Waals surface area contributed by atoms with E-state index in [0.717, 1.165) is 12.8 Å². The van der Waals surface area contributed by atoms with Crippen molar-refractivity contribution in [1.82, 2.24) is 10.6 Å². The predicted molar refractivity (Wildman–Crippen MR) is 84.3 cm³/mol. The number of fused-ring (bicyclic) bond motifs is 2. The van der Waals surface area contributed by atoms with Crippen LogP contribution in [-0.2, 0) is 4.79 Å². The fraction of sp³-hybridized carbons (Fsp3) is 0.562. The van der Waals surface area contributed by atoms with E-state index in [0.29, 0.717) is 12.1 Å². The van der Waals surface area contributed by atoms with Crippen LogP contribution < -0.4 is 15.4 Å². The molecule has 2 aliphatic heterocycles. The molecule has 0 radical (unpaired) electrons. The maximum atomic E-state index is 12.0. The number of piperidine rings is 1. The molecule has 1 aromatic carbocycles. The van der Waals surface area contributed by atoms with E-state index in [9.17, 15) is 14.9 Å². The molecule has 2 atom stereocenters. The topological polar surface area (TPSA) is 93.5 Å². The van der Waals surface area contributed by atoms with Crippen LogP contribution in [0.1, 0.15) is 32.1 Å². The molecule has 23 heavy (non-hydrogen) atoms. The highest BCUT2D eigenvalue weighted by atomic mass is 16.6. The minimum Gasteiger partial charge on any atom is -0.486 e. The maximum Gasteiger partial charge on any atom is 0.310 e. The number of nitrogens with zero attached hydrogens (tertiary/aromatic N) is 1. The normalized spacial score (nSPS) is 25.8. The molecule has 7 nitrogen and oxygen atoms in total. The van der Waals surface area contributed by atoms with Crippen molar-refractivity contribution >= 4 is 11.6 Å². The summed E-state index contributed by atoms with van der Waals surface area (Å²) in [6.07, 6.45) is 4.54. The van der Waals surface area contributed by atoms with Gasteiger partial charge in [-0.25, -0.2) is 0 Å². The monoisotopic (exact) mass is 319 g/mol. The van der Waals surface area contributed by atoms with Gasteiger partial charge in [-0.15, -0.1) is 0 Å². The zero-order valence-electron chi connectivity index (χ0n) is 12.9. The molecule has 124 valence electrons. The smallest absolute Gasteiger partial charge is 0.310 e. The number of carbonyl (C=O) groups excluding carboxylic acids is 1. The first-order valence-electron chi connectivity index (χ1n) is 8.03. The molecular weight excluding hydrogens is 298 g/mol. The van der Waals surface area contributed by atoms with Crippen LogP contribution in [0.3, 0.4) is 0 Å². The number of rotatable bonds is 6. The molecule has 2 bridgehead atoms. The van der Waals surface area contributed by atoms with E-state index >= 15 is 0 Å². The number of ether oxygens (including phenoxy) is 1. The van der Waals surface area contributed by atoms with Gasteiger partial charge in [-0.3, -0.25) is 14.9 Å². The number of nitro groups is 1. The highest BCUT2D eigenvalue weighted by Crippen LogP contribution is 2.27. The molecule has 2 aliphatic rings. The number of nitro benzene ring substituents is 1. The highest BCUT2D eigenvalue weighted by molar-refractivity contribution is 5.76.